The van der Waals surface area contributed by atoms with Gasteiger partial charge in [0.2, 0.25) is 0 Å². The molecule has 19 heteroatoms. The van der Waals surface area contributed by atoms with Crippen LogP contribution in [0.4, 0.5) is 0 Å². The Kier molecular flexibility index (Phi) is 72.5. The van der Waals surface area contributed by atoms with E-state index in [-0.39, 0.29) is 25.7 Å². The third kappa shape index (κ3) is 74.3. The predicted octanol–water partition coefficient (Wildman–Crippen LogP) is 24.4. The Balaban J connectivity index is 5.24. The van der Waals surface area contributed by atoms with Crippen LogP contribution in [0.2, 0.25) is 0 Å². The van der Waals surface area contributed by atoms with Crippen LogP contribution in [0.15, 0.2) is 0 Å². The first-order chi connectivity index (χ1) is 48.5. The summed E-state index contributed by atoms with van der Waals surface area (Å²) >= 11 is 0. The van der Waals surface area contributed by atoms with Gasteiger partial charge in [-0.05, 0) is 31.6 Å². The summed E-state index contributed by atoms with van der Waals surface area (Å²) in [6.07, 6.45) is 65.2. The Labute approximate surface area is 613 Å². The minimum atomic E-state index is -4.96. The van der Waals surface area contributed by atoms with E-state index < -0.39 is 97.5 Å². The molecule has 17 nitrogen and oxygen atoms in total. The molecule has 0 saturated heterocycles. The second kappa shape index (κ2) is 73.9. The van der Waals surface area contributed by atoms with Gasteiger partial charge in [0.1, 0.15) is 19.3 Å². The lowest BCUT2D eigenvalue weighted by atomic mass is 10.0. The molecule has 0 amide bonds. The summed E-state index contributed by atoms with van der Waals surface area (Å²) in [5.41, 5.74) is 0. The number of hydrogen-bond acceptors (Lipinski definition) is 15. The lowest BCUT2D eigenvalue weighted by molar-refractivity contribution is -0.161. The Bertz CT molecular complexity index is 1910. The van der Waals surface area contributed by atoms with E-state index in [1.807, 2.05) is 0 Å². The zero-order valence-corrected chi connectivity index (χ0v) is 67.1. The van der Waals surface area contributed by atoms with Gasteiger partial charge in [-0.15, -0.1) is 0 Å². The molecule has 0 aromatic carbocycles. The largest absolute Gasteiger partial charge is 0.472 e. The predicted molar refractivity (Wildman–Crippen MR) is 409 cm³/mol. The molecule has 0 aliphatic carbocycles. The quantitative estimate of drug-likeness (QED) is 0.0222. The van der Waals surface area contributed by atoms with Gasteiger partial charge in [-0.2, -0.15) is 0 Å². The van der Waals surface area contributed by atoms with Crippen LogP contribution in [0, 0.1) is 5.92 Å². The van der Waals surface area contributed by atoms with Crippen molar-refractivity contribution in [2.75, 3.05) is 39.6 Å². The van der Waals surface area contributed by atoms with Gasteiger partial charge in [-0.1, -0.05) is 381 Å². The molecule has 0 aromatic heterocycles. The maximum Gasteiger partial charge on any atom is 0.472 e. The normalized spacial score (nSPS) is 13.8. The van der Waals surface area contributed by atoms with Crippen molar-refractivity contribution < 1.29 is 80.2 Å². The molecule has 0 aliphatic heterocycles. The number of carbonyl (C=O) groups is 4. The molecule has 3 N–H and O–H groups in total. The maximum atomic E-state index is 13.1. The molecule has 0 heterocycles. The number of aliphatic hydroxyl groups is 1. The highest BCUT2D eigenvalue weighted by molar-refractivity contribution is 7.47. The molecule has 0 saturated carbocycles. The fraction of sp³-hybridized carbons (Fsp3) is 0.951. The topological polar surface area (TPSA) is 237 Å². The second-order valence-electron chi connectivity index (χ2n) is 29.6. The molecule has 0 fully saturated rings. The monoisotopic (exact) mass is 1470 g/mol. The minimum Gasteiger partial charge on any atom is -0.462 e. The third-order valence-electron chi connectivity index (χ3n) is 19.0. The van der Waals surface area contributed by atoms with Crippen molar-refractivity contribution in [1.82, 2.24) is 0 Å². The van der Waals surface area contributed by atoms with Crippen molar-refractivity contribution in [2.45, 2.75) is 451 Å². The highest BCUT2D eigenvalue weighted by Gasteiger charge is 2.30. The maximum absolute atomic E-state index is 13.1. The number of carbonyl (C=O) groups excluding carboxylic acids is 4. The molecule has 5 atom stereocenters. The standard InChI is InChI=1S/C81H158O17P2/c1-6-9-12-15-18-21-24-26-28-30-31-33-35-37-40-46-51-56-61-66-80(85)97-76(71-92-79(84)65-60-55-50-45-39-36-34-32-29-27-25-22-19-16-13-10-7-2)72-95-99(87,88)93-68-75(82)69-94-100(89,90)96-73-77(70-91-78(83)64-59-54-49-44-38-23-20-17-14-11-8-3)98-81(86)67-62-57-52-47-42-41-43-48-53-58-63-74(4)5/h74-77,82H,6-73H2,1-5H3,(H,87,88)(H,89,90)/t75-,76-,77-/m1/s1. The zero-order chi connectivity index (χ0) is 73.4. The number of ether oxygens (including phenoxy) is 4. The van der Waals surface area contributed by atoms with Crippen LogP contribution < -0.4 is 0 Å². The summed E-state index contributed by atoms with van der Waals surface area (Å²) in [6.45, 7) is 7.32. The van der Waals surface area contributed by atoms with E-state index >= 15 is 0 Å². The van der Waals surface area contributed by atoms with Crippen LogP contribution in [0.1, 0.15) is 433 Å². The van der Waals surface area contributed by atoms with Crippen LogP contribution in [-0.2, 0) is 65.4 Å². The van der Waals surface area contributed by atoms with Crippen LogP contribution in [-0.4, -0.2) is 96.7 Å². The van der Waals surface area contributed by atoms with E-state index in [1.165, 1.54) is 257 Å². The molecule has 0 aliphatic rings. The Hall–Kier alpha value is -1.94. The summed E-state index contributed by atoms with van der Waals surface area (Å²) in [5, 5.41) is 10.6. The van der Waals surface area contributed by atoms with Gasteiger partial charge in [-0.25, -0.2) is 9.13 Å². The number of esters is 4. The minimum absolute atomic E-state index is 0.107. The first-order valence-electron chi connectivity index (χ1n) is 42.1. The van der Waals surface area contributed by atoms with Crippen molar-refractivity contribution in [3.05, 3.63) is 0 Å². The van der Waals surface area contributed by atoms with Gasteiger partial charge in [0.15, 0.2) is 12.2 Å². The van der Waals surface area contributed by atoms with E-state index in [2.05, 4.69) is 34.6 Å². The number of phosphoric acid groups is 2. The van der Waals surface area contributed by atoms with Crippen LogP contribution in [0.5, 0.6) is 0 Å². The first-order valence-corrected chi connectivity index (χ1v) is 45.1. The van der Waals surface area contributed by atoms with Gasteiger partial charge >= 0.3 is 39.5 Å². The Morgan fingerprint density at radius 2 is 0.460 bits per heavy atom. The molecule has 0 spiro atoms. The van der Waals surface area contributed by atoms with Crippen molar-refractivity contribution in [3.8, 4) is 0 Å². The highest BCUT2D eigenvalue weighted by atomic mass is 31.2. The molecule has 2 unspecified atom stereocenters. The summed E-state index contributed by atoms with van der Waals surface area (Å²) in [7, 11) is -9.92. The molecule has 0 bridgehead atoms. The zero-order valence-electron chi connectivity index (χ0n) is 65.3. The number of unbranched alkanes of at least 4 members (excludes halogenated alkanes) is 53. The number of phosphoric ester groups is 2. The highest BCUT2D eigenvalue weighted by Crippen LogP contribution is 2.45. The van der Waals surface area contributed by atoms with Crippen molar-refractivity contribution in [1.29, 1.82) is 0 Å². The third-order valence-corrected chi connectivity index (χ3v) is 20.9. The summed E-state index contributed by atoms with van der Waals surface area (Å²) in [4.78, 5) is 73.0. The fourth-order valence-electron chi connectivity index (χ4n) is 12.6. The van der Waals surface area contributed by atoms with E-state index in [1.54, 1.807) is 0 Å². The van der Waals surface area contributed by atoms with Gasteiger partial charge in [0.25, 0.3) is 0 Å². The molecule has 594 valence electrons. The summed E-state index contributed by atoms with van der Waals surface area (Å²) < 4.78 is 68.7. The van der Waals surface area contributed by atoms with Crippen molar-refractivity contribution in [2.24, 2.45) is 5.92 Å². The summed E-state index contributed by atoms with van der Waals surface area (Å²) in [6, 6.07) is 0. The molecule has 0 radical (unpaired) electrons. The fourth-order valence-corrected chi connectivity index (χ4v) is 14.2. The molecule has 0 rings (SSSR count). The second-order valence-corrected chi connectivity index (χ2v) is 32.5. The van der Waals surface area contributed by atoms with Gasteiger partial charge in [0.05, 0.1) is 26.4 Å². The number of rotatable bonds is 81. The average molecular weight is 1470 g/mol. The van der Waals surface area contributed by atoms with Gasteiger partial charge in [0, 0.05) is 25.7 Å². The van der Waals surface area contributed by atoms with Crippen LogP contribution in [0.25, 0.3) is 0 Å². The van der Waals surface area contributed by atoms with Crippen molar-refractivity contribution >= 4 is 39.5 Å². The average Bonchev–Trinajstić information content (AvgIpc) is 0.976. The smallest absolute Gasteiger partial charge is 0.462 e. The van der Waals surface area contributed by atoms with Crippen LogP contribution >= 0.6 is 15.6 Å². The summed E-state index contributed by atoms with van der Waals surface area (Å²) in [5.74, 6) is -1.35. The first kappa shape index (κ1) is 98.1. The number of aliphatic hydroxyl groups excluding tert-OH is 1. The van der Waals surface area contributed by atoms with Crippen LogP contribution in [0.3, 0.4) is 0 Å². The van der Waals surface area contributed by atoms with E-state index in [0.717, 1.165) is 95.8 Å². The Morgan fingerprint density at radius 3 is 0.680 bits per heavy atom. The lowest BCUT2D eigenvalue weighted by Gasteiger charge is -2.21. The molecule has 100 heavy (non-hydrogen) atoms. The Morgan fingerprint density at radius 1 is 0.270 bits per heavy atom. The van der Waals surface area contributed by atoms with Gasteiger partial charge < -0.3 is 33.8 Å². The lowest BCUT2D eigenvalue weighted by Crippen LogP contribution is -2.30. The van der Waals surface area contributed by atoms with E-state index in [9.17, 15) is 43.2 Å². The molecular formula is C81H158O17P2. The van der Waals surface area contributed by atoms with Gasteiger partial charge in [-0.3, -0.25) is 37.3 Å². The molecule has 0 aromatic rings. The van der Waals surface area contributed by atoms with Crippen molar-refractivity contribution in [3.63, 3.8) is 0 Å². The molecular weight excluding hydrogens is 1310 g/mol. The van der Waals surface area contributed by atoms with E-state index in [4.69, 9.17) is 37.0 Å². The number of hydrogen-bond donors (Lipinski definition) is 3. The van der Waals surface area contributed by atoms with E-state index in [0.29, 0.717) is 25.7 Å². The SMILES string of the molecule is CCCCCCCCCCCCCCCCCCCCCC(=O)O[C@H](COC(=O)CCCCCCCCCCCCCCCCCCC)COP(=O)(O)OC[C@@H](O)COP(=O)(O)OC[C@@H](COC(=O)CCCCCCCCCCCCC)OC(=O)CCCCCCCCCCCCC(C)C.